The van der Waals surface area contributed by atoms with Gasteiger partial charge in [0.1, 0.15) is 0 Å². The highest BCUT2D eigenvalue weighted by molar-refractivity contribution is 5.81. The Labute approximate surface area is 293 Å². The molecule has 1 rings (SSSR count). The van der Waals surface area contributed by atoms with Gasteiger partial charge in [-0.25, -0.2) is 9.59 Å². The third kappa shape index (κ3) is 37.5. The summed E-state index contributed by atoms with van der Waals surface area (Å²) in [5.41, 5.74) is -0.357. The van der Waals surface area contributed by atoms with Gasteiger partial charge in [-0.1, -0.05) is 89.6 Å². The Hall–Kier alpha value is -4.84. The van der Waals surface area contributed by atoms with Crippen molar-refractivity contribution in [1.29, 1.82) is 10.5 Å². The van der Waals surface area contributed by atoms with Crippen LogP contribution in [0.4, 0.5) is 0 Å². The molecule has 0 aliphatic carbocycles. The van der Waals surface area contributed by atoms with Gasteiger partial charge in [0.2, 0.25) is 0 Å². The van der Waals surface area contributed by atoms with Crippen molar-refractivity contribution in [3.63, 3.8) is 0 Å². The summed E-state index contributed by atoms with van der Waals surface area (Å²) in [5.74, 6) is -3.22. The number of nitrogens with zero attached hydrogens (tertiary/aromatic N) is 4. The van der Waals surface area contributed by atoms with E-state index in [9.17, 15) is 19.2 Å². The molecule has 0 aliphatic heterocycles. The molecule has 0 heterocycles. The smallest absolute Gasteiger partial charge is 0.330 e. The second-order valence-electron chi connectivity index (χ2n) is 11.6. The molecule has 0 saturated carbocycles. The van der Waals surface area contributed by atoms with Crippen LogP contribution in [0.2, 0.25) is 0 Å². The van der Waals surface area contributed by atoms with Crippen molar-refractivity contribution in [1.82, 2.24) is 0 Å². The predicted molar refractivity (Wildman–Crippen MR) is 190 cm³/mol. The fraction of sp³-hybridized carbons (Fsp3) is 0.568. The number of ether oxygens (including phenoxy) is 2. The van der Waals surface area contributed by atoms with E-state index >= 15 is 0 Å². The molecule has 0 aliphatic rings. The SMILES string of the molecule is C=CC(=O)O.C=CC(=O)OCCCC.CC(C)(C#N)N=NC(C)(C)C#N.CCCCOC(=O)C(CC)CC(C)C(=O)O.Cc1ccccc1. The fourth-order valence-electron chi connectivity index (χ4n) is 2.60. The van der Waals surface area contributed by atoms with Crippen molar-refractivity contribution < 1.29 is 38.9 Å². The number of carbonyl (C=O) groups is 4. The molecule has 274 valence electrons. The lowest BCUT2D eigenvalue weighted by molar-refractivity contribution is -0.150. The van der Waals surface area contributed by atoms with Crippen LogP contribution in [0.3, 0.4) is 0 Å². The van der Waals surface area contributed by atoms with Gasteiger partial charge >= 0.3 is 23.9 Å². The number of aryl methyl sites for hydroxylation is 1. The summed E-state index contributed by atoms with van der Waals surface area (Å²) in [6.07, 6.45) is 6.81. The number of hydrogen-bond donors (Lipinski definition) is 2. The molecule has 0 bridgehead atoms. The number of esters is 2. The third-order valence-electron chi connectivity index (χ3n) is 5.75. The lowest BCUT2D eigenvalue weighted by Gasteiger charge is -2.16. The molecular weight excluding hydrogens is 628 g/mol. The summed E-state index contributed by atoms with van der Waals surface area (Å²) in [5, 5.41) is 41.0. The second kappa shape index (κ2) is 31.7. The van der Waals surface area contributed by atoms with E-state index in [0.717, 1.165) is 31.8 Å². The molecule has 0 amide bonds. The number of carboxylic acid groups (broad SMARTS) is 2. The highest BCUT2D eigenvalue weighted by Crippen LogP contribution is 2.18. The van der Waals surface area contributed by atoms with Crippen LogP contribution in [-0.4, -0.2) is 58.4 Å². The first-order valence-electron chi connectivity index (χ1n) is 16.1. The molecule has 0 spiro atoms. The summed E-state index contributed by atoms with van der Waals surface area (Å²) in [6, 6.07) is 14.2. The first-order valence-corrected chi connectivity index (χ1v) is 16.1. The van der Waals surface area contributed by atoms with Crippen LogP contribution in [0, 0.1) is 41.4 Å². The molecule has 0 radical (unpaired) electrons. The van der Waals surface area contributed by atoms with Crippen LogP contribution in [0.1, 0.15) is 99.5 Å². The zero-order valence-corrected chi connectivity index (χ0v) is 30.9. The van der Waals surface area contributed by atoms with Crippen LogP contribution in [-0.2, 0) is 28.7 Å². The second-order valence-corrected chi connectivity index (χ2v) is 11.6. The monoisotopic (exact) mass is 686 g/mol. The highest BCUT2D eigenvalue weighted by Gasteiger charge is 2.24. The Morgan fingerprint density at radius 2 is 1.29 bits per heavy atom. The van der Waals surface area contributed by atoms with Gasteiger partial charge in [-0.3, -0.25) is 9.59 Å². The summed E-state index contributed by atoms with van der Waals surface area (Å²) in [6.45, 7) is 23.4. The number of aliphatic carboxylic acids is 2. The normalized spacial score (nSPS) is 11.2. The van der Waals surface area contributed by atoms with E-state index in [1.54, 1.807) is 34.6 Å². The topological polar surface area (TPSA) is 199 Å². The van der Waals surface area contributed by atoms with Crippen LogP contribution in [0.15, 0.2) is 65.9 Å². The molecule has 0 aromatic heterocycles. The molecule has 1 aromatic rings. The number of azo groups is 1. The maximum Gasteiger partial charge on any atom is 0.330 e. The summed E-state index contributed by atoms with van der Waals surface area (Å²) in [7, 11) is 0. The number of unbranched alkanes of at least 4 members (excludes halogenated alkanes) is 2. The zero-order chi connectivity index (χ0) is 38.9. The summed E-state index contributed by atoms with van der Waals surface area (Å²) in [4.78, 5) is 41.9. The van der Waals surface area contributed by atoms with Crippen LogP contribution < -0.4 is 0 Å². The van der Waals surface area contributed by atoms with Crippen molar-refractivity contribution in [2.75, 3.05) is 13.2 Å². The average molecular weight is 687 g/mol. The molecular formula is C37H58N4O8. The minimum atomic E-state index is -0.981. The number of carboxylic acids is 2. The zero-order valence-electron chi connectivity index (χ0n) is 30.9. The summed E-state index contributed by atoms with van der Waals surface area (Å²) < 4.78 is 9.76. The molecule has 0 fully saturated rings. The Kier molecular flexibility index (Phi) is 33.0. The van der Waals surface area contributed by atoms with E-state index in [0.29, 0.717) is 26.1 Å². The molecule has 12 nitrogen and oxygen atoms in total. The number of benzene rings is 1. The molecule has 49 heavy (non-hydrogen) atoms. The van der Waals surface area contributed by atoms with Crippen molar-refractivity contribution >= 4 is 23.9 Å². The van der Waals surface area contributed by atoms with Gasteiger partial charge in [0.05, 0.1) is 37.2 Å². The first-order chi connectivity index (χ1) is 22.8. The van der Waals surface area contributed by atoms with Gasteiger partial charge < -0.3 is 19.7 Å². The van der Waals surface area contributed by atoms with Gasteiger partial charge in [-0.05, 0) is 60.3 Å². The van der Waals surface area contributed by atoms with E-state index in [2.05, 4.69) is 47.2 Å². The Morgan fingerprint density at radius 1 is 0.857 bits per heavy atom. The molecule has 2 N–H and O–H groups in total. The standard InChI is InChI=1S/C12H22O4.C8H12N4.C7H12O2.C7H8.C3H4O2/c1-4-6-7-16-12(15)10(5-2)8-9(3)11(13)14;1-7(2,5-9)11-12-8(3,4)6-10;1-3-5-6-9-7(8)4-2;1-7-5-3-2-4-6-7;1-2-3(4)5/h9-10H,4-8H2,1-3H3,(H,13,14);1-4H3;4H,2-3,5-6H2,1H3;2-6H,1H3;2H,1H2,(H,4,5). The van der Waals surface area contributed by atoms with Crippen molar-refractivity contribution in [3.8, 4) is 12.1 Å². The number of hydrogen-bond acceptors (Lipinski definition) is 10. The lowest BCUT2D eigenvalue weighted by atomic mass is 9.94. The fourth-order valence-corrected chi connectivity index (χ4v) is 2.60. The maximum absolute atomic E-state index is 11.6. The summed E-state index contributed by atoms with van der Waals surface area (Å²) >= 11 is 0. The third-order valence-corrected chi connectivity index (χ3v) is 5.75. The minimum Gasteiger partial charge on any atom is -0.481 e. The van der Waals surface area contributed by atoms with E-state index in [1.165, 1.54) is 11.6 Å². The molecule has 2 unspecified atom stereocenters. The quantitative estimate of drug-likeness (QED) is 0.0783. The Bertz CT molecular complexity index is 1170. The van der Waals surface area contributed by atoms with Crippen LogP contribution in [0.25, 0.3) is 0 Å². The molecule has 1 aromatic carbocycles. The molecule has 12 heteroatoms. The van der Waals surface area contributed by atoms with Gasteiger partial charge in [0.15, 0.2) is 11.1 Å². The number of carbonyl (C=O) groups excluding carboxylic acids is 2. The predicted octanol–water partition coefficient (Wildman–Crippen LogP) is 8.28. The van der Waals surface area contributed by atoms with E-state index in [-0.39, 0.29) is 17.9 Å². The van der Waals surface area contributed by atoms with Gasteiger partial charge in [-0.2, -0.15) is 20.8 Å². The molecule has 2 atom stereocenters. The Morgan fingerprint density at radius 3 is 1.57 bits per heavy atom. The number of rotatable bonds is 15. The van der Waals surface area contributed by atoms with E-state index in [4.69, 9.17) is 25.5 Å². The van der Waals surface area contributed by atoms with Crippen LogP contribution in [0.5, 0.6) is 0 Å². The van der Waals surface area contributed by atoms with Gasteiger partial charge in [-0.15, -0.1) is 0 Å². The molecule has 0 saturated heterocycles. The van der Waals surface area contributed by atoms with Crippen molar-refractivity contribution in [3.05, 3.63) is 61.2 Å². The average Bonchev–Trinajstić information content (AvgIpc) is 3.07. The van der Waals surface area contributed by atoms with E-state index < -0.39 is 28.9 Å². The van der Waals surface area contributed by atoms with Crippen LogP contribution >= 0.6 is 0 Å². The minimum absolute atomic E-state index is 0.260. The highest BCUT2D eigenvalue weighted by atomic mass is 16.5. The van der Waals surface area contributed by atoms with Crippen molar-refractivity contribution in [2.45, 2.75) is 112 Å². The Balaban J connectivity index is -0.000000272. The maximum atomic E-state index is 11.6. The van der Waals surface area contributed by atoms with Crippen molar-refractivity contribution in [2.24, 2.45) is 22.1 Å². The van der Waals surface area contributed by atoms with Gasteiger partial charge in [0.25, 0.3) is 0 Å². The number of nitriles is 2. The largest absolute Gasteiger partial charge is 0.481 e. The van der Waals surface area contributed by atoms with E-state index in [1.807, 2.05) is 51.1 Å². The first kappa shape index (κ1) is 51.0. The lowest BCUT2D eigenvalue weighted by Crippen LogP contribution is -2.23. The van der Waals surface area contributed by atoms with Gasteiger partial charge in [0, 0.05) is 12.2 Å².